The summed E-state index contributed by atoms with van der Waals surface area (Å²) in [6.45, 7) is 4.04. The van der Waals surface area contributed by atoms with Crippen LogP contribution in [0.2, 0.25) is 0 Å². The lowest BCUT2D eigenvalue weighted by molar-refractivity contribution is 0.415. The third kappa shape index (κ3) is 2.29. The molecule has 0 saturated heterocycles. The molecule has 4 nitrogen and oxygen atoms in total. The van der Waals surface area contributed by atoms with Gasteiger partial charge in [0.25, 0.3) is 0 Å². The Balaban J connectivity index is 1.92. The lowest BCUT2D eigenvalue weighted by Gasteiger charge is -2.09. The summed E-state index contributed by atoms with van der Waals surface area (Å²) in [4.78, 5) is 4.26. The van der Waals surface area contributed by atoms with Gasteiger partial charge in [-0.3, -0.25) is 0 Å². The second-order valence-corrected chi connectivity index (χ2v) is 4.95. The minimum atomic E-state index is 0.843. The molecule has 2 aromatic heterocycles. The van der Waals surface area contributed by atoms with Gasteiger partial charge in [0.05, 0.1) is 25.7 Å². The van der Waals surface area contributed by atoms with E-state index in [2.05, 4.69) is 45.4 Å². The highest BCUT2D eigenvalue weighted by atomic mass is 16.5. The summed E-state index contributed by atoms with van der Waals surface area (Å²) < 4.78 is 9.73. The van der Waals surface area contributed by atoms with Crippen molar-refractivity contribution in [1.29, 1.82) is 0 Å². The SMILES string of the molecule is CCCn1cncc1Cn1ccc2cc(OC)ccc21. The van der Waals surface area contributed by atoms with Crippen LogP contribution in [-0.4, -0.2) is 21.2 Å². The average Bonchev–Trinajstić information content (AvgIpc) is 3.07. The van der Waals surface area contributed by atoms with E-state index in [1.54, 1.807) is 7.11 Å². The fourth-order valence-corrected chi connectivity index (χ4v) is 2.54. The summed E-state index contributed by atoms with van der Waals surface area (Å²) >= 11 is 0. The summed E-state index contributed by atoms with van der Waals surface area (Å²) in [6.07, 6.45) is 7.10. The van der Waals surface area contributed by atoms with Gasteiger partial charge in [0.2, 0.25) is 0 Å². The maximum Gasteiger partial charge on any atom is 0.119 e. The second-order valence-electron chi connectivity index (χ2n) is 4.95. The molecule has 0 N–H and O–H groups in total. The van der Waals surface area contributed by atoms with E-state index in [9.17, 15) is 0 Å². The maximum absolute atomic E-state index is 5.27. The summed E-state index contributed by atoms with van der Waals surface area (Å²) in [5.41, 5.74) is 2.45. The van der Waals surface area contributed by atoms with Gasteiger partial charge in [-0.1, -0.05) is 6.92 Å². The number of fused-ring (bicyclic) bond motifs is 1. The van der Waals surface area contributed by atoms with Crippen molar-refractivity contribution in [2.24, 2.45) is 0 Å². The number of imidazole rings is 1. The molecule has 1 aromatic carbocycles. The van der Waals surface area contributed by atoms with E-state index in [0.717, 1.165) is 25.3 Å². The summed E-state index contributed by atoms with van der Waals surface area (Å²) in [6, 6.07) is 8.30. The Bertz CT molecular complexity index is 711. The number of hydrogen-bond acceptors (Lipinski definition) is 2. The van der Waals surface area contributed by atoms with Crippen LogP contribution in [0.1, 0.15) is 19.0 Å². The Morgan fingerprint density at radius 1 is 1.20 bits per heavy atom. The van der Waals surface area contributed by atoms with Gasteiger partial charge in [0.15, 0.2) is 0 Å². The molecule has 0 atom stereocenters. The van der Waals surface area contributed by atoms with E-state index in [-0.39, 0.29) is 0 Å². The third-order valence-corrected chi connectivity index (χ3v) is 3.57. The van der Waals surface area contributed by atoms with Crippen LogP contribution >= 0.6 is 0 Å². The van der Waals surface area contributed by atoms with Gasteiger partial charge >= 0.3 is 0 Å². The molecule has 0 unspecified atom stereocenters. The van der Waals surface area contributed by atoms with E-state index >= 15 is 0 Å². The number of nitrogens with zero attached hydrogens (tertiary/aromatic N) is 3. The largest absolute Gasteiger partial charge is 0.497 e. The predicted molar refractivity (Wildman–Crippen MR) is 80.1 cm³/mol. The molecular weight excluding hydrogens is 250 g/mol. The Labute approximate surface area is 118 Å². The van der Waals surface area contributed by atoms with Crippen LogP contribution in [0.3, 0.4) is 0 Å². The lowest BCUT2D eigenvalue weighted by atomic mass is 10.2. The van der Waals surface area contributed by atoms with Crippen LogP contribution in [0, 0.1) is 0 Å². The zero-order valence-corrected chi connectivity index (χ0v) is 11.9. The molecule has 3 aromatic rings. The van der Waals surface area contributed by atoms with Crippen molar-refractivity contribution < 1.29 is 4.74 Å². The molecule has 0 amide bonds. The van der Waals surface area contributed by atoms with Gasteiger partial charge in [0.1, 0.15) is 5.75 Å². The topological polar surface area (TPSA) is 32.0 Å². The quantitative estimate of drug-likeness (QED) is 0.711. The molecule has 0 radical (unpaired) electrons. The molecule has 0 bridgehead atoms. The molecule has 0 saturated carbocycles. The van der Waals surface area contributed by atoms with E-state index in [1.807, 2.05) is 18.6 Å². The molecule has 0 fully saturated rings. The monoisotopic (exact) mass is 269 g/mol. The highest BCUT2D eigenvalue weighted by Crippen LogP contribution is 2.22. The smallest absolute Gasteiger partial charge is 0.119 e. The molecule has 2 heterocycles. The maximum atomic E-state index is 5.27. The first-order valence-corrected chi connectivity index (χ1v) is 6.93. The normalized spacial score (nSPS) is 11.1. The number of hydrogen-bond donors (Lipinski definition) is 0. The Kier molecular flexibility index (Phi) is 3.46. The summed E-state index contributed by atoms with van der Waals surface area (Å²) in [5, 5.41) is 1.20. The van der Waals surface area contributed by atoms with Crippen LogP contribution < -0.4 is 4.74 Å². The van der Waals surface area contributed by atoms with Crippen molar-refractivity contribution >= 4 is 10.9 Å². The standard InChI is InChI=1S/C16H19N3O/c1-3-7-19-12-17-10-14(19)11-18-8-6-13-9-15(20-2)4-5-16(13)18/h4-6,8-10,12H,3,7,11H2,1-2H3. The Morgan fingerprint density at radius 2 is 2.10 bits per heavy atom. The van der Waals surface area contributed by atoms with E-state index in [0.29, 0.717) is 0 Å². The first-order valence-electron chi connectivity index (χ1n) is 6.93. The second kappa shape index (κ2) is 5.41. The van der Waals surface area contributed by atoms with Crippen molar-refractivity contribution in [3.63, 3.8) is 0 Å². The first-order chi connectivity index (χ1) is 9.81. The van der Waals surface area contributed by atoms with Crippen molar-refractivity contribution in [3.8, 4) is 5.75 Å². The van der Waals surface area contributed by atoms with Crippen molar-refractivity contribution in [2.75, 3.05) is 7.11 Å². The highest BCUT2D eigenvalue weighted by molar-refractivity contribution is 5.81. The number of methoxy groups -OCH3 is 1. The van der Waals surface area contributed by atoms with Crippen molar-refractivity contribution in [2.45, 2.75) is 26.4 Å². The summed E-state index contributed by atoms with van der Waals surface area (Å²) in [7, 11) is 1.70. The fraction of sp³-hybridized carbons (Fsp3) is 0.312. The van der Waals surface area contributed by atoms with Gasteiger partial charge in [-0.15, -0.1) is 0 Å². The molecular formula is C16H19N3O. The lowest BCUT2D eigenvalue weighted by Crippen LogP contribution is -2.06. The van der Waals surface area contributed by atoms with E-state index in [1.165, 1.54) is 16.6 Å². The highest BCUT2D eigenvalue weighted by Gasteiger charge is 2.06. The zero-order chi connectivity index (χ0) is 13.9. The number of benzene rings is 1. The molecule has 3 rings (SSSR count). The minimum Gasteiger partial charge on any atom is -0.497 e. The van der Waals surface area contributed by atoms with Crippen molar-refractivity contribution in [1.82, 2.24) is 14.1 Å². The van der Waals surface area contributed by atoms with Gasteiger partial charge in [0, 0.05) is 29.8 Å². The molecule has 0 aliphatic carbocycles. The predicted octanol–water partition coefficient (Wildman–Crippen LogP) is 3.30. The number of aryl methyl sites for hydroxylation is 1. The van der Waals surface area contributed by atoms with Crippen LogP contribution in [0.25, 0.3) is 10.9 Å². The van der Waals surface area contributed by atoms with Crippen LogP contribution in [0.5, 0.6) is 5.75 Å². The van der Waals surface area contributed by atoms with Gasteiger partial charge in [-0.25, -0.2) is 4.98 Å². The molecule has 20 heavy (non-hydrogen) atoms. The zero-order valence-electron chi connectivity index (χ0n) is 11.9. The molecule has 0 spiro atoms. The molecule has 104 valence electrons. The minimum absolute atomic E-state index is 0.843. The molecule has 0 aliphatic rings. The Morgan fingerprint density at radius 3 is 2.90 bits per heavy atom. The van der Waals surface area contributed by atoms with Gasteiger partial charge in [-0.2, -0.15) is 0 Å². The van der Waals surface area contributed by atoms with E-state index in [4.69, 9.17) is 4.74 Å². The van der Waals surface area contributed by atoms with Gasteiger partial charge in [-0.05, 0) is 30.7 Å². The fourth-order valence-electron chi connectivity index (χ4n) is 2.54. The number of aromatic nitrogens is 3. The third-order valence-electron chi connectivity index (χ3n) is 3.57. The summed E-state index contributed by atoms with van der Waals surface area (Å²) in [5.74, 6) is 0.895. The van der Waals surface area contributed by atoms with Crippen molar-refractivity contribution in [3.05, 3.63) is 48.7 Å². The Hall–Kier alpha value is -2.23. The van der Waals surface area contributed by atoms with E-state index < -0.39 is 0 Å². The van der Waals surface area contributed by atoms with Crippen LogP contribution in [-0.2, 0) is 13.1 Å². The number of ether oxygens (including phenoxy) is 1. The first kappa shape index (κ1) is 12.8. The van der Waals surface area contributed by atoms with Crippen LogP contribution in [0.4, 0.5) is 0 Å². The molecule has 4 heteroatoms. The number of rotatable bonds is 5. The molecule has 0 aliphatic heterocycles. The average molecular weight is 269 g/mol. The van der Waals surface area contributed by atoms with Crippen LogP contribution in [0.15, 0.2) is 43.0 Å². The van der Waals surface area contributed by atoms with Gasteiger partial charge < -0.3 is 13.9 Å².